The zero-order valence-corrected chi connectivity index (χ0v) is 18.3. The van der Waals surface area contributed by atoms with Crippen molar-refractivity contribution >= 4 is 34.6 Å². The van der Waals surface area contributed by atoms with Gasteiger partial charge in [-0.3, -0.25) is 14.7 Å². The molecule has 1 aliphatic heterocycles. The molecule has 1 aliphatic rings. The minimum atomic E-state index is -1.48. The van der Waals surface area contributed by atoms with E-state index in [0.717, 1.165) is 11.3 Å². The number of hydrogen-bond donors (Lipinski definition) is 2. The first-order chi connectivity index (χ1) is 14.9. The highest BCUT2D eigenvalue weighted by Gasteiger charge is 2.34. The van der Waals surface area contributed by atoms with Crippen LogP contribution in [0.5, 0.6) is 5.75 Å². The SMILES string of the molecule is CC(C)N=C1SC(=Cc2ccc(OCCOCC(O)O)cc2)C(=O)N1c1ccccc1. The maximum absolute atomic E-state index is 13.1. The number of nitrogens with zero attached hydrogens (tertiary/aromatic N) is 2. The maximum Gasteiger partial charge on any atom is 0.271 e. The van der Waals surface area contributed by atoms with Crippen molar-refractivity contribution in [3.63, 3.8) is 0 Å². The molecule has 0 saturated carbocycles. The van der Waals surface area contributed by atoms with Crippen LogP contribution in [0.3, 0.4) is 0 Å². The summed E-state index contributed by atoms with van der Waals surface area (Å²) in [5.74, 6) is 0.563. The molecule has 1 saturated heterocycles. The number of amides is 1. The van der Waals surface area contributed by atoms with Gasteiger partial charge in [0.2, 0.25) is 0 Å². The van der Waals surface area contributed by atoms with Gasteiger partial charge in [0, 0.05) is 6.04 Å². The number of anilines is 1. The molecule has 2 aromatic carbocycles. The van der Waals surface area contributed by atoms with Gasteiger partial charge >= 0.3 is 0 Å². The van der Waals surface area contributed by atoms with Crippen molar-refractivity contribution in [2.45, 2.75) is 26.2 Å². The Morgan fingerprint density at radius 3 is 2.42 bits per heavy atom. The van der Waals surface area contributed by atoms with Gasteiger partial charge in [-0.15, -0.1) is 0 Å². The van der Waals surface area contributed by atoms with Crippen molar-refractivity contribution in [2.24, 2.45) is 4.99 Å². The molecule has 0 atom stereocenters. The number of ether oxygens (including phenoxy) is 2. The lowest BCUT2D eigenvalue weighted by Gasteiger charge is -2.16. The first-order valence-electron chi connectivity index (χ1n) is 9.97. The summed E-state index contributed by atoms with van der Waals surface area (Å²) in [4.78, 5) is 20.0. The Hall–Kier alpha value is -2.65. The van der Waals surface area contributed by atoms with Crippen molar-refractivity contribution in [3.05, 3.63) is 65.1 Å². The Balaban J connectivity index is 1.69. The Morgan fingerprint density at radius 1 is 1.06 bits per heavy atom. The third-order valence-corrected chi connectivity index (χ3v) is 5.11. The van der Waals surface area contributed by atoms with E-state index in [2.05, 4.69) is 4.99 Å². The van der Waals surface area contributed by atoms with E-state index in [4.69, 9.17) is 19.7 Å². The number of carbonyl (C=O) groups excluding carboxylic acids is 1. The summed E-state index contributed by atoms with van der Waals surface area (Å²) in [6.07, 6.45) is 0.369. The van der Waals surface area contributed by atoms with Crippen LogP contribution >= 0.6 is 11.8 Å². The summed E-state index contributed by atoms with van der Waals surface area (Å²) in [5.41, 5.74) is 1.67. The lowest BCUT2D eigenvalue weighted by atomic mass is 10.2. The number of thioether (sulfide) groups is 1. The molecular formula is C23H26N2O5S. The molecule has 164 valence electrons. The molecule has 0 aromatic heterocycles. The van der Waals surface area contributed by atoms with Gasteiger partial charge in [0.15, 0.2) is 11.5 Å². The summed E-state index contributed by atoms with van der Waals surface area (Å²) in [6, 6.07) is 17.0. The number of benzene rings is 2. The molecule has 7 nitrogen and oxygen atoms in total. The van der Waals surface area contributed by atoms with Crippen LogP contribution in [0, 0.1) is 0 Å². The quantitative estimate of drug-likeness (QED) is 0.352. The van der Waals surface area contributed by atoms with Crippen LogP contribution < -0.4 is 9.64 Å². The van der Waals surface area contributed by atoms with Gasteiger partial charge < -0.3 is 19.7 Å². The second kappa shape index (κ2) is 11.1. The molecule has 31 heavy (non-hydrogen) atoms. The van der Waals surface area contributed by atoms with E-state index in [9.17, 15) is 4.79 Å². The molecule has 1 amide bonds. The number of rotatable bonds is 9. The van der Waals surface area contributed by atoms with Crippen LogP contribution in [-0.2, 0) is 9.53 Å². The molecule has 0 radical (unpaired) electrons. The maximum atomic E-state index is 13.1. The highest BCUT2D eigenvalue weighted by molar-refractivity contribution is 8.19. The van der Waals surface area contributed by atoms with Gasteiger partial charge in [0.1, 0.15) is 12.4 Å². The lowest BCUT2D eigenvalue weighted by molar-refractivity contribution is -0.113. The molecule has 2 aromatic rings. The summed E-state index contributed by atoms with van der Waals surface area (Å²) >= 11 is 1.37. The van der Waals surface area contributed by atoms with Gasteiger partial charge in [-0.25, -0.2) is 0 Å². The Labute approximate surface area is 186 Å². The highest BCUT2D eigenvalue weighted by atomic mass is 32.2. The molecule has 0 spiro atoms. The first kappa shape index (κ1) is 23.0. The van der Waals surface area contributed by atoms with E-state index in [1.54, 1.807) is 4.90 Å². The van der Waals surface area contributed by atoms with Crippen molar-refractivity contribution < 1.29 is 24.5 Å². The number of carbonyl (C=O) groups is 1. The largest absolute Gasteiger partial charge is 0.491 e. The molecule has 3 rings (SSSR count). The Kier molecular flexibility index (Phi) is 8.25. The van der Waals surface area contributed by atoms with Crippen molar-refractivity contribution in [1.29, 1.82) is 0 Å². The van der Waals surface area contributed by atoms with Gasteiger partial charge in [-0.1, -0.05) is 30.3 Å². The van der Waals surface area contributed by atoms with Gasteiger partial charge in [-0.05, 0) is 61.5 Å². The van der Waals surface area contributed by atoms with Crippen molar-refractivity contribution in [3.8, 4) is 5.75 Å². The predicted octanol–water partition coefficient (Wildman–Crippen LogP) is 3.28. The van der Waals surface area contributed by atoms with Gasteiger partial charge in [-0.2, -0.15) is 0 Å². The monoisotopic (exact) mass is 442 g/mol. The number of amidine groups is 1. The van der Waals surface area contributed by atoms with Crippen LogP contribution in [0.15, 0.2) is 64.5 Å². The molecule has 2 N–H and O–H groups in total. The van der Waals surface area contributed by atoms with Crippen LogP contribution in [0.2, 0.25) is 0 Å². The molecule has 0 unspecified atom stereocenters. The van der Waals surface area contributed by atoms with E-state index < -0.39 is 6.29 Å². The normalized spacial score (nSPS) is 16.8. The minimum Gasteiger partial charge on any atom is -0.491 e. The smallest absolute Gasteiger partial charge is 0.271 e. The Morgan fingerprint density at radius 2 is 1.77 bits per heavy atom. The third kappa shape index (κ3) is 6.67. The number of para-hydroxylation sites is 1. The highest BCUT2D eigenvalue weighted by Crippen LogP contribution is 2.36. The molecule has 1 fully saturated rings. The third-order valence-electron chi connectivity index (χ3n) is 4.13. The van der Waals surface area contributed by atoms with Crippen molar-refractivity contribution in [1.82, 2.24) is 0 Å². The molecule has 0 aliphatic carbocycles. The summed E-state index contributed by atoms with van der Waals surface area (Å²) < 4.78 is 10.6. The van der Waals surface area contributed by atoms with E-state index in [1.807, 2.05) is 74.5 Å². The zero-order valence-electron chi connectivity index (χ0n) is 17.5. The van der Waals surface area contributed by atoms with E-state index in [0.29, 0.717) is 22.4 Å². The number of aliphatic imine (C=N–C) groups is 1. The second-order valence-electron chi connectivity index (χ2n) is 7.07. The number of hydrogen-bond acceptors (Lipinski definition) is 7. The van der Waals surface area contributed by atoms with Gasteiger partial charge in [0.25, 0.3) is 5.91 Å². The standard InChI is InChI=1S/C23H26N2O5S/c1-16(2)24-23-25(18-6-4-3-5-7-18)22(28)20(31-23)14-17-8-10-19(11-9-17)30-13-12-29-15-21(26)27/h3-11,14,16,21,26-27H,12-13,15H2,1-2H3. The summed E-state index contributed by atoms with van der Waals surface area (Å²) in [7, 11) is 0. The van der Waals surface area contributed by atoms with Gasteiger partial charge in [0.05, 0.1) is 23.8 Å². The number of aliphatic hydroxyl groups excluding tert-OH is 1. The van der Waals surface area contributed by atoms with Crippen LogP contribution in [-0.4, -0.2) is 53.4 Å². The average Bonchev–Trinajstić information content (AvgIpc) is 3.03. The molecular weight excluding hydrogens is 416 g/mol. The second-order valence-corrected chi connectivity index (χ2v) is 8.07. The van der Waals surface area contributed by atoms with E-state index in [1.165, 1.54) is 11.8 Å². The van der Waals surface area contributed by atoms with Crippen LogP contribution in [0.25, 0.3) is 6.08 Å². The molecule has 1 heterocycles. The van der Waals surface area contributed by atoms with E-state index >= 15 is 0 Å². The molecule has 0 bridgehead atoms. The molecule has 8 heteroatoms. The predicted molar refractivity (Wildman–Crippen MR) is 123 cm³/mol. The number of aliphatic hydroxyl groups is 2. The minimum absolute atomic E-state index is 0.0712. The van der Waals surface area contributed by atoms with Crippen molar-refractivity contribution in [2.75, 3.05) is 24.7 Å². The topological polar surface area (TPSA) is 91.6 Å². The zero-order chi connectivity index (χ0) is 22.2. The van der Waals surface area contributed by atoms with Crippen LogP contribution in [0.1, 0.15) is 19.4 Å². The van der Waals surface area contributed by atoms with E-state index in [-0.39, 0.29) is 25.2 Å². The fourth-order valence-corrected chi connectivity index (χ4v) is 3.92. The summed E-state index contributed by atoms with van der Waals surface area (Å²) in [5, 5.41) is 18.1. The first-order valence-corrected chi connectivity index (χ1v) is 10.8. The average molecular weight is 443 g/mol. The van der Waals surface area contributed by atoms with Crippen LogP contribution in [0.4, 0.5) is 5.69 Å². The summed E-state index contributed by atoms with van der Waals surface area (Å²) in [6.45, 7) is 4.37. The lowest BCUT2D eigenvalue weighted by Crippen LogP contribution is -2.29. The fraction of sp³-hybridized carbons (Fsp3) is 0.304. The Bertz CT molecular complexity index is 927. The fourth-order valence-electron chi connectivity index (χ4n) is 2.80.